The first-order valence-electron chi connectivity index (χ1n) is 6.55. The highest BCUT2D eigenvalue weighted by Gasteiger charge is 2.39. The number of esters is 1. The van der Waals surface area contributed by atoms with Crippen molar-refractivity contribution in [3.8, 4) is 5.75 Å². The van der Waals surface area contributed by atoms with Gasteiger partial charge in [-0.15, -0.1) is 0 Å². The number of hydrogen-bond donors (Lipinski definition) is 0. The lowest BCUT2D eigenvalue weighted by atomic mass is 9.77. The van der Waals surface area contributed by atoms with E-state index in [0.29, 0.717) is 6.61 Å². The van der Waals surface area contributed by atoms with Gasteiger partial charge < -0.3 is 9.47 Å². The molecule has 0 radical (unpaired) electrons. The van der Waals surface area contributed by atoms with Crippen molar-refractivity contribution < 1.29 is 19.1 Å². The van der Waals surface area contributed by atoms with E-state index in [4.69, 9.17) is 9.47 Å². The van der Waals surface area contributed by atoms with Crippen LogP contribution in [0.5, 0.6) is 5.75 Å². The summed E-state index contributed by atoms with van der Waals surface area (Å²) in [5, 5.41) is 0. The minimum Gasteiger partial charge on any atom is -0.489 e. The molecule has 0 aromatic heterocycles. The van der Waals surface area contributed by atoms with Crippen LogP contribution in [0.2, 0.25) is 0 Å². The Morgan fingerprint density at radius 2 is 2.10 bits per heavy atom. The van der Waals surface area contributed by atoms with E-state index in [1.807, 2.05) is 37.3 Å². The van der Waals surface area contributed by atoms with Gasteiger partial charge in [-0.05, 0) is 25.5 Å². The largest absolute Gasteiger partial charge is 0.489 e. The minimum absolute atomic E-state index is 0.196. The molecule has 2 unspecified atom stereocenters. The van der Waals surface area contributed by atoms with Gasteiger partial charge in [0.2, 0.25) is 0 Å². The fourth-order valence-corrected chi connectivity index (χ4v) is 2.64. The SMILES string of the molecule is CC=C1COc2ccccc2C1C(C(C)=O)C(=O)OC. The van der Waals surface area contributed by atoms with Crippen molar-refractivity contribution in [3.05, 3.63) is 41.5 Å². The first-order valence-corrected chi connectivity index (χ1v) is 6.55. The summed E-state index contributed by atoms with van der Waals surface area (Å²) in [6.07, 6.45) is 1.90. The number of Topliss-reactive ketones (excluding diaryl/α,β-unsaturated/α-hetero) is 1. The fourth-order valence-electron chi connectivity index (χ4n) is 2.64. The molecule has 1 aliphatic heterocycles. The maximum atomic E-state index is 12.0. The van der Waals surface area contributed by atoms with Crippen LogP contribution in [0.15, 0.2) is 35.9 Å². The van der Waals surface area contributed by atoms with E-state index in [0.717, 1.165) is 16.9 Å². The standard InChI is InChI=1S/C16H18O4/c1-4-11-9-20-13-8-6-5-7-12(13)15(11)14(10(2)17)16(18)19-3/h4-8,14-15H,9H2,1-3H3. The predicted octanol–water partition coefficient (Wildman–Crippen LogP) is 2.49. The maximum Gasteiger partial charge on any atom is 0.317 e. The van der Waals surface area contributed by atoms with Crippen molar-refractivity contribution >= 4 is 11.8 Å². The predicted molar refractivity (Wildman–Crippen MR) is 74.6 cm³/mol. The van der Waals surface area contributed by atoms with E-state index >= 15 is 0 Å². The molecule has 1 aliphatic rings. The molecule has 0 fully saturated rings. The second-order valence-electron chi connectivity index (χ2n) is 4.78. The van der Waals surface area contributed by atoms with Gasteiger partial charge in [0.25, 0.3) is 0 Å². The van der Waals surface area contributed by atoms with Crippen molar-refractivity contribution in [2.75, 3.05) is 13.7 Å². The molecule has 1 aromatic carbocycles. The molecule has 0 spiro atoms. The summed E-state index contributed by atoms with van der Waals surface area (Å²) in [6, 6.07) is 7.49. The fraction of sp³-hybridized carbons (Fsp3) is 0.375. The molecule has 2 atom stereocenters. The van der Waals surface area contributed by atoms with Gasteiger partial charge in [-0.2, -0.15) is 0 Å². The van der Waals surface area contributed by atoms with Gasteiger partial charge in [0.15, 0.2) is 0 Å². The first kappa shape index (κ1) is 14.3. The lowest BCUT2D eigenvalue weighted by molar-refractivity contribution is -0.149. The Labute approximate surface area is 118 Å². The highest BCUT2D eigenvalue weighted by molar-refractivity contribution is 5.99. The summed E-state index contributed by atoms with van der Waals surface area (Å²) in [5.41, 5.74) is 1.78. The molecule has 0 amide bonds. The molecule has 0 saturated carbocycles. The van der Waals surface area contributed by atoms with E-state index in [9.17, 15) is 9.59 Å². The molecule has 1 heterocycles. The Hall–Kier alpha value is -2.10. The molecule has 4 heteroatoms. The third kappa shape index (κ3) is 2.46. The lowest BCUT2D eigenvalue weighted by Gasteiger charge is -2.32. The van der Waals surface area contributed by atoms with Crippen LogP contribution in [0.3, 0.4) is 0 Å². The van der Waals surface area contributed by atoms with Crippen LogP contribution in [0, 0.1) is 5.92 Å². The van der Waals surface area contributed by atoms with Crippen molar-refractivity contribution in [1.82, 2.24) is 0 Å². The molecule has 1 aromatic rings. The molecule has 106 valence electrons. The monoisotopic (exact) mass is 274 g/mol. The van der Waals surface area contributed by atoms with Crippen LogP contribution >= 0.6 is 0 Å². The summed E-state index contributed by atoms with van der Waals surface area (Å²) in [6.45, 7) is 3.69. The van der Waals surface area contributed by atoms with Crippen molar-refractivity contribution in [2.24, 2.45) is 5.92 Å². The number of carbonyl (C=O) groups is 2. The van der Waals surface area contributed by atoms with Crippen molar-refractivity contribution in [1.29, 1.82) is 0 Å². The number of hydrogen-bond acceptors (Lipinski definition) is 4. The first-order chi connectivity index (χ1) is 9.60. The summed E-state index contributed by atoms with van der Waals surface area (Å²) in [5.74, 6) is -1.11. The average molecular weight is 274 g/mol. The Kier molecular flexibility index (Phi) is 4.23. The highest BCUT2D eigenvalue weighted by Crippen LogP contribution is 2.42. The second kappa shape index (κ2) is 5.90. The van der Waals surface area contributed by atoms with E-state index in [-0.39, 0.29) is 11.7 Å². The van der Waals surface area contributed by atoms with Crippen LogP contribution in [-0.4, -0.2) is 25.5 Å². The van der Waals surface area contributed by atoms with Crippen LogP contribution < -0.4 is 4.74 Å². The second-order valence-corrected chi connectivity index (χ2v) is 4.78. The van der Waals surface area contributed by atoms with Gasteiger partial charge in [0, 0.05) is 11.5 Å². The van der Waals surface area contributed by atoms with Gasteiger partial charge in [0.1, 0.15) is 24.1 Å². The highest BCUT2D eigenvalue weighted by atomic mass is 16.5. The van der Waals surface area contributed by atoms with E-state index in [1.165, 1.54) is 14.0 Å². The Balaban J connectivity index is 2.55. The zero-order valence-corrected chi connectivity index (χ0v) is 11.9. The molecule has 0 bridgehead atoms. The summed E-state index contributed by atoms with van der Waals surface area (Å²) in [4.78, 5) is 24.0. The third-order valence-electron chi connectivity index (χ3n) is 3.65. The number of methoxy groups -OCH3 is 1. The van der Waals surface area contributed by atoms with Crippen molar-refractivity contribution in [2.45, 2.75) is 19.8 Å². The number of allylic oxidation sites excluding steroid dienone is 1. The maximum absolute atomic E-state index is 12.0. The summed E-state index contributed by atoms with van der Waals surface area (Å²) < 4.78 is 10.5. The smallest absolute Gasteiger partial charge is 0.317 e. The van der Waals surface area contributed by atoms with Gasteiger partial charge in [-0.1, -0.05) is 24.3 Å². The topological polar surface area (TPSA) is 52.6 Å². The van der Waals surface area contributed by atoms with Gasteiger partial charge in [0.05, 0.1) is 7.11 Å². The number of rotatable bonds is 3. The zero-order chi connectivity index (χ0) is 14.7. The normalized spacial score (nSPS) is 20.8. The van der Waals surface area contributed by atoms with Crippen LogP contribution in [0.4, 0.5) is 0 Å². The molecule has 20 heavy (non-hydrogen) atoms. The number of para-hydroxylation sites is 1. The average Bonchev–Trinajstić information content (AvgIpc) is 2.47. The zero-order valence-electron chi connectivity index (χ0n) is 11.9. The molecular weight excluding hydrogens is 256 g/mol. The Morgan fingerprint density at radius 1 is 1.40 bits per heavy atom. The van der Waals surface area contributed by atoms with Gasteiger partial charge in [-0.3, -0.25) is 9.59 Å². The molecule has 0 N–H and O–H groups in total. The molecular formula is C16H18O4. The third-order valence-corrected chi connectivity index (χ3v) is 3.65. The van der Waals surface area contributed by atoms with Crippen LogP contribution in [-0.2, 0) is 14.3 Å². The number of benzene rings is 1. The van der Waals surface area contributed by atoms with Gasteiger partial charge >= 0.3 is 5.97 Å². The van der Waals surface area contributed by atoms with E-state index < -0.39 is 11.9 Å². The van der Waals surface area contributed by atoms with E-state index in [2.05, 4.69) is 0 Å². The molecule has 0 saturated heterocycles. The summed E-state index contributed by atoms with van der Waals surface area (Å²) in [7, 11) is 1.30. The summed E-state index contributed by atoms with van der Waals surface area (Å²) >= 11 is 0. The van der Waals surface area contributed by atoms with Crippen LogP contribution in [0.1, 0.15) is 25.3 Å². The lowest BCUT2D eigenvalue weighted by Crippen LogP contribution is -2.34. The quantitative estimate of drug-likeness (QED) is 0.483. The molecule has 4 nitrogen and oxygen atoms in total. The molecule has 0 aliphatic carbocycles. The number of ether oxygens (including phenoxy) is 2. The van der Waals surface area contributed by atoms with Crippen molar-refractivity contribution in [3.63, 3.8) is 0 Å². The Morgan fingerprint density at radius 3 is 2.70 bits per heavy atom. The minimum atomic E-state index is -0.823. The Bertz CT molecular complexity index is 559. The molecule has 2 rings (SSSR count). The number of carbonyl (C=O) groups excluding carboxylic acids is 2. The number of fused-ring (bicyclic) bond motifs is 1. The van der Waals surface area contributed by atoms with E-state index in [1.54, 1.807) is 0 Å². The number of ketones is 1. The van der Waals surface area contributed by atoms with Gasteiger partial charge in [-0.25, -0.2) is 0 Å². The van der Waals surface area contributed by atoms with Crippen LogP contribution in [0.25, 0.3) is 0 Å².